The Balaban J connectivity index is 1.61. The number of aromatic nitrogens is 2. The maximum atomic E-state index is 12.2. The van der Waals surface area contributed by atoms with Crippen LogP contribution in [0.3, 0.4) is 0 Å². The molecule has 2 aromatic heterocycles. The molecule has 0 saturated heterocycles. The van der Waals surface area contributed by atoms with E-state index < -0.39 is 17.9 Å². The second-order valence-corrected chi connectivity index (χ2v) is 6.98. The van der Waals surface area contributed by atoms with Gasteiger partial charge in [-0.15, -0.1) is 10.2 Å². The summed E-state index contributed by atoms with van der Waals surface area (Å²) in [5.74, 6) is -0.755. The van der Waals surface area contributed by atoms with E-state index in [1.807, 2.05) is 36.7 Å². The fourth-order valence-electron chi connectivity index (χ4n) is 2.54. The molecule has 0 radical (unpaired) electrons. The summed E-state index contributed by atoms with van der Waals surface area (Å²) >= 11 is 1.52. The van der Waals surface area contributed by atoms with E-state index in [2.05, 4.69) is 15.5 Å². The SMILES string of the molecule is Cc1ccc(C(NC(=O)CCc2nnc(-c3ccsc3)o2)C(=O)O)cc1C. The Labute approximate surface area is 160 Å². The molecule has 0 bridgehead atoms. The molecule has 1 aromatic carbocycles. The van der Waals surface area contributed by atoms with E-state index in [0.29, 0.717) is 17.3 Å². The number of carbonyl (C=O) groups is 2. The van der Waals surface area contributed by atoms with E-state index in [-0.39, 0.29) is 12.8 Å². The van der Waals surface area contributed by atoms with E-state index in [0.717, 1.165) is 16.7 Å². The number of benzene rings is 1. The first-order valence-corrected chi connectivity index (χ1v) is 9.32. The molecule has 7 nitrogen and oxygen atoms in total. The smallest absolute Gasteiger partial charge is 0.330 e. The van der Waals surface area contributed by atoms with Gasteiger partial charge in [0.1, 0.15) is 0 Å². The van der Waals surface area contributed by atoms with Gasteiger partial charge in [0.25, 0.3) is 0 Å². The summed E-state index contributed by atoms with van der Waals surface area (Å²) in [5.41, 5.74) is 3.41. The van der Waals surface area contributed by atoms with Crippen molar-refractivity contribution >= 4 is 23.2 Å². The Bertz CT molecular complexity index is 950. The number of hydrogen-bond donors (Lipinski definition) is 2. The van der Waals surface area contributed by atoms with Crippen molar-refractivity contribution < 1.29 is 19.1 Å². The number of aliphatic carboxylic acids is 1. The Morgan fingerprint density at radius 3 is 2.70 bits per heavy atom. The number of carbonyl (C=O) groups excluding carboxylic acids is 1. The number of aryl methyl sites for hydroxylation is 3. The standard InChI is InChI=1S/C19H19N3O4S/c1-11-3-4-13(9-12(11)2)17(19(24)25)20-15(23)5-6-16-21-22-18(26-16)14-7-8-27-10-14/h3-4,7-10,17H,5-6H2,1-2H3,(H,20,23)(H,24,25). The highest BCUT2D eigenvalue weighted by Crippen LogP contribution is 2.21. The lowest BCUT2D eigenvalue weighted by molar-refractivity contribution is -0.142. The number of carboxylic acids is 1. The van der Waals surface area contributed by atoms with Crippen molar-refractivity contribution in [3.05, 3.63) is 57.6 Å². The van der Waals surface area contributed by atoms with Crippen LogP contribution >= 0.6 is 11.3 Å². The van der Waals surface area contributed by atoms with Gasteiger partial charge in [-0.25, -0.2) is 4.79 Å². The molecule has 2 heterocycles. The minimum Gasteiger partial charge on any atom is -0.479 e. The second kappa shape index (κ2) is 8.13. The van der Waals surface area contributed by atoms with Crippen LogP contribution in [0.2, 0.25) is 0 Å². The van der Waals surface area contributed by atoms with Gasteiger partial charge < -0.3 is 14.8 Å². The van der Waals surface area contributed by atoms with Crippen molar-refractivity contribution in [1.29, 1.82) is 0 Å². The molecule has 0 fully saturated rings. The van der Waals surface area contributed by atoms with Crippen molar-refractivity contribution in [2.24, 2.45) is 0 Å². The van der Waals surface area contributed by atoms with Crippen LogP contribution in [-0.2, 0) is 16.0 Å². The van der Waals surface area contributed by atoms with Gasteiger partial charge in [-0.2, -0.15) is 11.3 Å². The molecule has 3 rings (SSSR count). The number of nitrogens with zero attached hydrogens (tertiary/aromatic N) is 2. The van der Waals surface area contributed by atoms with Gasteiger partial charge >= 0.3 is 5.97 Å². The quantitative estimate of drug-likeness (QED) is 0.646. The molecular formula is C19H19N3O4S. The third-order valence-corrected chi connectivity index (χ3v) is 4.90. The highest BCUT2D eigenvalue weighted by molar-refractivity contribution is 7.08. The third kappa shape index (κ3) is 4.59. The number of nitrogens with one attached hydrogen (secondary N) is 1. The number of rotatable bonds is 7. The lowest BCUT2D eigenvalue weighted by Gasteiger charge is -2.16. The molecule has 1 atom stereocenters. The lowest BCUT2D eigenvalue weighted by atomic mass is 10.0. The van der Waals surface area contributed by atoms with Crippen LogP contribution in [0.15, 0.2) is 39.4 Å². The first-order chi connectivity index (χ1) is 12.9. The van der Waals surface area contributed by atoms with E-state index in [1.54, 1.807) is 12.1 Å². The third-order valence-electron chi connectivity index (χ3n) is 4.22. The predicted octanol–water partition coefficient (Wildman–Crippen LogP) is 3.29. The average molecular weight is 385 g/mol. The maximum Gasteiger partial charge on any atom is 0.330 e. The lowest BCUT2D eigenvalue weighted by Crippen LogP contribution is -2.34. The van der Waals surface area contributed by atoms with Crippen LogP contribution in [0.5, 0.6) is 0 Å². The van der Waals surface area contributed by atoms with E-state index in [4.69, 9.17) is 4.42 Å². The Kier molecular flexibility index (Phi) is 5.66. The van der Waals surface area contributed by atoms with Crippen LogP contribution in [0.25, 0.3) is 11.5 Å². The van der Waals surface area contributed by atoms with Crippen molar-refractivity contribution in [1.82, 2.24) is 15.5 Å². The van der Waals surface area contributed by atoms with E-state index >= 15 is 0 Å². The zero-order chi connectivity index (χ0) is 19.4. The van der Waals surface area contributed by atoms with Crippen LogP contribution in [0.1, 0.15) is 35.0 Å². The highest BCUT2D eigenvalue weighted by atomic mass is 32.1. The normalized spacial score (nSPS) is 11.9. The first kappa shape index (κ1) is 18.8. The molecule has 0 spiro atoms. The van der Waals surface area contributed by atoms with Gasteiger partial charge in [0.2, 0.25) is 17.7 Å². The fourth-order valence-corrected chi connectivity index (χ4v) is 3.17. The maximum absolute atomic E-state index is 12.2. The largest absolute Gasteiger partial charge is 0.479 e. The minimum atomic E-state index is -1.11. The fraction of sp³-hybridized carbons (Fsp3) is 0.263. The molecule has 27 heavy (non-hydrogen) atoms. The van der Waals surface area contributed by atoms with Crippen LogP contribution < -0.4 is 5.32 Å². The highest BCUT2D eigenvalue weighted by Gasteiger charge is 2.22. The number of amides is 1. The summed E-state index contributed by atoms with van der Waals surface area (Å²) in [6.07, 6.45) is 0.294. The summed E-state index contributed by atoms with van der Waals surface area (Å²) < 4.78 is 5.53. The van der Waals surface area contributed by atoms with Gasteiger partial charge in [0, 0.05) is 23.8 Å². The summed E-state index contributed by atoms with van der Waals surface area (Å²) in [5, 5.41) is 23.7. The molecule has 140 valence electrons. The molecule has 8 heteroatoms. The van der Waals surface area contributed by atoms with Crippen LogP contribution in [0, 0.1) is 13.8 Å². The van der Waals surface area contributed by atoms with Crippen molar-refractivity contribution in [2.45, 2.75) is 32.7 Å². The summed E-state index contributed by atoms with van der Waals surface area (Å²) in [4.78, 5) is 23.8. The van der Waals surface area contributed by atoms with Crippen molar-refractivity contribution in [2.75, 3.05) is 0 Å². The topological polar surface area (TPSA) is 105 Å². The Hall–Kier alpha value is -3.00. The number of hydrogen-bond acceptors (Lipinski definition) is 6. The van der Waals surface area contributed by atoms with Gasteiger partial charge in [-0.3, -0.25) is 4.79 Å². The van der Waals surface area contributed by atoms with Gasteiger partial charge in [-0.05, 0) is 42.0 Å². The monoisotopic (exact) mass is 385 g/mol. The number of thiophene rings is 1. The van der Waals surface area contributed by atoms with Gasteiger partial charge in [-0.1, -0.05) is 18.2 Å². The summed E-state index contributed by atoms with van der Waals surface area (Å²) in [6.45, 7) is 3.85. The van der Waals surface area contributed by atoms with Crippen molar-refractivity contribution in [3.63, 3.8) is 0 Å². The average Bonchev–Trinajstić information content (AvgIpc) is 3.31. The van der Waals surface area contributed by atoms with E-state index in [9.17, 15) is 14.7 Å². The van der Waals surface area contributed by atoms with Crippen molar-refractivity contribution in [3.8, 4) is 11.5 Å². The second-order valence-electron chi connectivity index (χ2n) is 6.20. The number of carboxylic acid groups (broad SMARTS) is 1. The first-order valence-electron chi connectivity index (χ1n) is 8.38. The molecule has 0 aliphatic carbocycles. The molecule has 0 saturated carbocycles. The molecule has 1 amide bonds. The summed E-state index contributed by atoms with van der Waals surface area (Å²) in [6, 6.07) is 6.11. The molecule has 1 unspecified atom stereocenters. The Morgan fingerprint density at radius 1 is 1.22 bits per heavy atom. The predicted molar refractivity (Wildman–Crippen MR) is 100 cm³/mol. The van der Waals surface area contributed by atoms with Crippen LogP contribution in [-0.4, -0.2) is 27.2 Å². The van der Waals surface area contributed by atoms with Gasteiger partial charge in [0.05, 0.1) is 0 Å². The Morgan fingerprint density at radius 2 is 2.04 bits per heavy atom. The molecule has 0 aliphatic rings. The van der Waals surface area contributed by atoms with E-state index in [1.165, 1.54) is 11.3 Å². The molecule has 0 aliphatic heterocycles. The molecular weight excluding hydrogens is 366 g/mol. The molecule has 3 aromatic rings. The zero-order valence-corrected chi connectivity index (χ0v) is 15.7. The minimum absolute atomic E-state index is 0.0555. The zero-order valence-electron chi connectivity index (χ0n) is 14.9. The molecule has 2 N–H and O–H groups in total. The van der Waals surface area contributed by atoms with Gasteiger partial charge in [0.15, 0.2) is 6.04 Å². The van der Waals surface area contributed by atoms with Crippen LogP contribution in [0.4, 0.5) is 0 Å². The summed E-state index contributed by atoms with van der Waals surface area (Å²) in [7, 11) is 0.